The smallest absolute Gasteiger partial charge is 0.251 e. The molecular weight excluding hydrogens is 330 g/mol. The zero-order chi connectivity index (χ0) is 17.9. The summed E-state index contributed by atoms with van der Waals surface area (Å²) >= 11 is 0. The maximum atomic E-state index is 13.0. The van der Waals surface area contributed by atoms with Crippen LogP contribution >= 0.6 is 0 Å². The van der Waals surface area contributed by atoms with Crippen LogP contribution in [0, 0.1) is 0 Å². The molecule has 8 heteroatoms. The predicted octanol–water partition coefficient (Wildman–Crippen LogP) is 1.67. The molecule has 1 aliphatic heterocycles. The van der Waals surface area contributed by atoms with Gasteiger partial charge in [-0.3, -0.25) is 9.78 Å². The van der Waals surface area contributed by atoms with Gasteiger partial charge in [-0.15, -0.1) is 0 Å². The molecule has 1 amide bonds. The van der Waals surface area contributed by atoms with Crippen LogP contribution in [0.5, 0.6) is 0 Å². The SMILES string of the molecule is CC1=C(C(=O)NCc2ccccc2)C(c2cccnc2)n2nnnc2N1. The molecule has 130 valence electrons. The molecule has 0 aliphatic carbocycles. The van der Waals surface area contributed by atoms with Gasteiger partial charge >= 0.3 is 0 Å². The van der Waals surface area contributed by atoms with Gasteiger partial charge < -0.3 is 10.6 Å². The summed E-state index contributed by atoms with van der Waals surface area (Å²) in [5, 5.41) is 17.8. The summed E-state index contributed by atoms with van der Waals surface area (Å²) < 4.78 is 1.60. The molecular formula is C18H17N7O. The van der Waals surface area contributed by atoms with E-state index in [9.17, 15) is 4.79 Å². The number of hydrogen-bond donors (Lipinski definition) is 2. The Hall–Kier alpha value is -3.55. The van der Waals surface area contributed by atoms with Crippen LogP contribution < -0.4 is 10.6 Å². The van der Waals surface area contributed by atoms with Gasteiger partial charge in [0.2, 0.25) is 5.95 Å². The van der Waals surface area contributed by atoms with Crippen molar-refractivity contribution >= 4 is 11.9 Å². The lowest BCUT2D eigenvalue weighted by molar-refractivity contribution is -0.118. The standard InChI is InChI=1S/C18H17N7O/c1-12-15(17(26)20-10-13-6-3-2-4-7-13)16(14-8-5-9-19-11-14)25-18(21-12)22-23-24-25/h2-9,11,16H,10H2,1H3,(H,20,26)(H,21,22,24). The van der Waals surface area contributed by atoms with Gasteiger partial charge in [0.1, 0.15) is 6.04 Å². The topological polar surface area (TPSA) is 97.6 Å². The van der Waals surface area contributed by atoms with E-state index in [4.69, 9.17) is 0 Å². The van der Waals surface area contributed by atoms with Crippen LogP contribution in [0.4, 0.5) is 5.95 Å². The molecule has 0 spiro atoms. The number of aromatic nitrogens is 5. The van der Waals surface area contributed by atoms with Gasteiger partial charge in [-0.05, 0) is 34.5 Å². The van der Waals surface area contributed by atoms with Gasteiger partial charge in [0, 0.05) is 24.6 Å². The number of nitrogens with one attached hydrogen (secondary N) is 2. The lowest BCUT2D eigenvalue weighted by Crippen LogP contribution is -2.35. The Bertz CT molecular complexity index is 950. The lowest BCUT2D eigenvalue weighted by atomic mass is 9.96. The van der Waals surface area contributed by atoms with E-state index >= 15 is 0 Å². The number of carbonyl (C=O) groups is 1. The summed E-state index contributed by atoms with van der Waals surface area (Å²) in [6.45, 7) is 2.29. The third-order valence-corrected chi connectivity index (χ3v) is 4.25. The minimum Gasteiger partial charge on any atom is -0.348 e. The number of allylic oxidation sites excluding steroid dienone is 1. The van der Waals surface area contributed by atoms with Gasteiger partial charge in [-0.25, -0.2) is 0 Å². The monoisotopic (exact) mass is 347 g/mol. The summed E-state index contributed by atoms with van der Waals surface area (Å²) in [7, 11) is 0. The van der Waals surface area contributed by atoms with Crippen molar-refractivity contribution in [1.29, 1.82) is 0 Å². The molecule has 1 unspecified atom stereocenters. The zero-order valence-electron chi connectivity index (χ0n) is 14.1. The van der Waals surface area contributed by atoms with Crippen molar-refractivity contribution < 1.29 is 4.79 Å². The Labute approximate surface area is 150 Å². The molecule has 26 heavy (non-hydrogen) atoms. The molecule has 8 nitrogen and oxygen atoms in total. The average Bonchev–Trinajstić information content (AvgIpc) is 3.14. The van der Waals surface area contributed by atoms with E-state index in [1.165, 1.54) is 0 Å². The number of hydrogen-bond acceptors (Lipinski definition) is 6. The second-order valence-corrected chi connectivity index (χ2v) is 5.97. The fourth-order valence-corrected chi connectivity index (χ4v) is 3.03. The number of benzene rings is 1. The highest BCUT2D eigenvalue weighted by Crippen LogP contribution is 2.33. The Balaban J connectivity index is 1.67. The Morgan fingerprint density at radius 1 is 1.23 bits per heavy atom. The minimum absolute atomic E-state index is 0.172. The normalized spacial score (nSPS) is 16.0. The average molecular weight is 347 g/mol. The van der Waals surface area contributed by atoms with E-state index in [1.54, 1.807) is 17.1 Å². The molecule has 1 aliphatic rings. The van der Waals surface area contributed by atoms with Crippen LogP contribution in [0.3, 0.4) is 0 Å². The van der Waals surface area contributed by atoms with Gasteiger partial charge in [0.15, 0.2) is 0 Å². The molecule has 2 aromatic heterocycles. The Morgan fingerprint density at radius 2 is 2.08 bits per heavy atom. The first-order valence-electron chi connectivity index (χ1n) is 8.22. The van der Waals surface area contributed by atoms with Crippen molar-refractivity contribution in [3.63, 3.8) is 0 Å². The lowest BCUT2D eigenvalue weighted by Gasteiger charge is -2.27. The van der Waals surface area contributed by atoms with E-state index in [0.717, 1.165) is 11.1 Å². The maximum absolute atomic E-state index is 13.0. The highest BCUT2D eigenvalue weighted by molar-refractivity contribution is 5.96. The van der Waals surface area contributed by atoms with Gasteiger partial charge in [0.25, 0.3) is 5.91 Å². The second kappa shape index (κ2) is 6.75. The molecule has 1 atom stereocenters. The fourth-order valence-electron chi connectivity index (χ4n) is 3.03. The summed E-state index contributed by atoms with van der Waals surface area (Å²) in [4.78, 5) is 17.2. The maximum Gasteiger partial charge on any atom is 0.251 e. The minimum atomic E-state index is -0.439. The molecule has 1 aromatic carbocycles. The quantitative estimate of drug-likeness (QED) is 0.745. The van der Waals surface area contributed by atoms with Crippen molar-refractivity contribution in [3.05, 3.63) is 77.3 Å². The number of carbonyl (C=O) groups excluding carboxylic acids is 1. The first-order valence-corrected chi connectivity index (χ1v) is 8.22. The van der Waals surface area contributed by atoms with Crippen LogP contribution in [0.25, 0.3) is 0 Å². The van der Waals surface area contributed by atoms with E-state index in [-0.39, 0.29) is 5.91 Å². The number of nitrogens with zero attached hydrogens (tertiary/aromatic N) is 5. The second-order valence-electron chi connectivity index (χ2n) is 5.97. The van der Waals surface area contributed by atoms with Gasteiger partial charge in [-0.1, -0.05) is 41.5 Å². The van der Waals surface area contributed by atoms with E-state index in [1.807, 2.05) is 49.4 Å². The molecule has 0 fully saturated rings. The third-order valence-electron chi connectivity index (χ3n) is 4.25. The highest BCUT2D eigenvalue weighted by Gasteiger charge is 2.33. The summed E-state index contributed by atoms with van der Waals surface area (Å²) in [5.74, 6) is 0.324. The first kappa shape index (κ1) is 15.9. The first-order chi connectivity index (χ1) is 12.7. The number of tetrazole rings is 1. The van der Waals surface area contributed by atoms with Crippen LogP contribution in [0.1, 0.15) is 24.1 Å². The highest BCUT2D eigenvalue weighted by atomic mass is 16.1. The van der Waals surface area contributed by atoms with Crippen molar-refractivity contribution in [2.45, 2.75) is 19.5 Å². The van der Waals surface area contributed by atoms with Crippen LogP contribution in [-0.4, -0.2) is 31.1 Å². The van der Waals surface area contributed by atoms with Crippen LogP contribution in [0.2, 0.25) is 0 Å². The molecule has 3 aromatic rings. The number of fused-ring (bicyclic) bond motifs is 1. The predicted molar refractivity (Wildman–Crippen MR) is 94.8 cm³/mol. The van der Waals surface area contributed by atoms with Crippen LogP contribution in [0.15, 0.2) is 66.1 Å². The van der Waals surface area contributed by atoms with Crippen molar-refractivity contribution in [3.8, 4) is 0 Å². The largest absolute Gasteiger partial charge is 0.348 e. The molecule has 4 rings (SSSR count). The molecule has 0 radical (unpaired) electrons. The Morgan fingerprint density at radius 3 is 2.85 bits per heavy atom. The number of amides is 1. The Kier molecular flexibility index (Phi) is 4.14. The van der Waals surface area contributed by atoms with Crippen molar-refractivity contribution in [1.82, 2.24) is 30.5 Å². The number of rotatable bonds is 4. The van der Waals surface area contributed by atoms with E-state index in [2.05, 4.69) is 31.1 Å². The summed E-state index contributed by atoms with van der Waals surface area (Å²) in [5.41, 5.74) is 3.15. The van der Waals surface area contributed by atoms with Crippen molar-refractivity contribution in [2.75, 3.05) is 5.32 Å². The number of pyridine rings is 1. The molecule has 0 saturated carbocycles. The van der Waals surface area contributed by atoms with Crippen LogP contribution in [-0.2, 0) is 11.3 Å². The fraction of sp³-hybridized carbons (Fsp3) is 0.167. The number of anilines is 1. The summed E-state index contributed by atoms with van der Waals surface area (Å²) in [6.07, 6.45) is 3.41. The third kappa shape index (κ3) is 2.92. The van der Waals surface area contributed by atoms with Crippen molar-refractivity contribution in [2.24, 2.45) is 0 Å². The van der Waals surface area contributed by atoms with Gasteiger partial charge in [-0.2, -0.15) is 4.68 Å². The molecule has 0 saturated heterocycles. The zero-order valence-corrected chi connectivity index (χ0v) is 14.1. The molecule has 2 N–H and O–H groups in total. The van der Waals surface area contributed by atoms with E-state index in [0.29, 0.717) is 23.8 Å². The van der Waals surface area contributed by atoms with E-state index < -0.39 is 6.04 Å². The summed E-state index contributed by atoms with van der Waals surface area (Å²) in [6, 6.07) is 13.1. The molecule has 3 heterocycles. The van der Waals surface area contributed by atoms with Gasteiger partial charge in [0.05, 0.1) is 5.57 Å². The molecule has 0 bridgehead atoms.